The fourth-order valence-electron chi connectivity index (χ4n) is 3.00. The number of benzene rings is 1. The second-order valence-corrected chi connectivity index (χ2v) is 6.15. The van der Waals surface area contributed by atoms with Gasteiger partial charge in [0.05, 0.1) is 0 Å². The molecule has 100 valence electrons. The van der Waals surface area contributed by atoms with Crippen molar-refractivity contribution in [1.29, 1.82) is 0 Å². The number of nitrogens with two attached hydrogens (primary N) is 1. The van der Waals surface area contributed by atoms with Crippen LogP contribution in [0, 0.1) is 11.3 Å². The maximum Gasteiger partial charge on any atom is 0.0366 e. The third-order valence-corrected chi connectivity index (χ3v) is 4.45. The summed E-state index contributed by atoms with van der Waals surface area (Å²) in [5, 5.41) is 0. The van der Waals surface area contributed by atoms with Crippen LogP contribution in [-0.2, 0) is 6.42 Å². The van der Waals surface area contributed by atoms with Crippen LogP contribution in [0.4, 0.5) is 5.69 Å². The first kappa shape index (κ1) is 13.4. The lowest BCUT2D eigenvalue weighted by Gasteiger charge is -2.45. The van der Waals surface area contributed by atoms with E-state index in [0.29, 0.717) is 11.3 Å². The van der Waals surface area contributed by atoms with Gasteiger partial charge in [-0.2, -0.15) is 0 Å². The molecule has 0 spiro atoms. The van der Waals surface area contributed by atoms with Gasteiger partial charge < -0.3 is 10.6 Å². The van der Waals surface area contributed by atoms with Crippen LogP contribution in [-0.4, -0.2) is 19.6 Å². The highest BCUT2D eigenvalue weighted by Gasteiger charge is 2.34. The Hall–Kier alpha value is -1.02. The van der Waals surface area contributed by atoms with Gasteiger partial charge in [0.2, 0.25) is 0 Å². The van der Waals surface area contributed by atoms with Crippen molar-refractivity contribution >= 4 is 5.69 Å². The van der Waals surface area contributed by atoms with Crippen molar-refractivity contribution in [3.8, 4) is 0 Å². The largest absolute Gasteiger partial charge is 0.371 e. The van der Waals surface area contributed by atoms with Gasteiger partial charge in [0, 0.05) is 18.8 Å². The summed E-state index contributed by atoms with van der Waals surface area (Å²) >= 11 is 0. The molecule has 0 amide bonds. The van der Waals surface area contributed by atoms with Gasteiger partial charge in [0.25, 0.3) is 0 Å². The number of hydrogen-bond donors (Lipinski definition) is 1. The molecule has 1 fully saturated rings. The van der Waals surface area contributed by atoms with Crippen LogP contribution >= 0.6 is 0 Å². The fraction of sp³-hybridized carbons (Fsp3) is 0.625. The highest BCUT2D eigenvalue weighted by molar-refractivity contribution is 5.48. The van der Waals surface area contributed by atoms with E-state index in [-0.39, 0.29) is 0 Å². The zero-order chi connectivity index (χ0) is 13.2. The average Bonchev–Trinajstić information content (AvgIpc) is 2.37. The SMILES string of the molecule is CCc1ccc(N2CCC(CN)C(C)(C)C2)cc1. The summed E-state index contributed by atoms with van der Waals surface area (Å²) in [6.07, 6.45) is 2.32. The summed E-state index contributed by atoms with van der Waals surface area (Å²) in [6.45, 7) is 9.95. The van der Waals surface area contributed by atoms with Crippen LogP contribution < -0.4 is 10.6 Å². The Labute approximate surface area is 111 Å². The quantitative estimate of drug-likeness (QED) is 0.888. The Bertz CT molecular complexity index is 381. The highest BCUT2D eigenvalue weighted by Crippen LogP contribution is 2.36. The molecule has 1 heterocycles. The first-order valence-corrected chi connectivity index (χ1v) is 7.11. The molecule has 0 saturated carbocycles. The van der Waals surface area contributed by atoms with E-state index < -0.39 is 0 Å². The molecule has 1 aromatic carbocycles. The number of nitrogens with zero attached hydrogens (tertiary/aromatic N) is 1. The standard InChI is InChI=1S/C16H26N2/c1-4-13-5-7-15(8-6-13)18-10-9-14(11-17)16(2,3)12-18/h5-8,14H,4,9-12,17H2,1-3H3. The van der Waals surface area contributed by atoms with Gasteiger partial charge in [-0.05, 0) is 48.4 Å². The number of piperidine rings is 1. The fourth-order valence-corrected chi connectivity index (χ4v) is 3.00. The predicted molar refractivity (Wildman–Crippen MR) is 79.0 cm³/mol. The summed E-state index contributed by atoms with van der Waals surface area (Å²) in [7, 11) is 0. The lowest BCUT2D eigenvalue weighted by molar-refractivity contribution is 0.182. The molecule has 0 bridgehead atoms. The molecule has 0 radical (unpaired) electrons. The molecule has 2 nitrogen and oxygen atoms in total. The number of hydrogen-bond acceptors (Lipinski definition) is 2. The van der Waals surface area contributed by atoms with E-state index in [4.69, 9.17) is 5.73 Å². The van der Waals surface area contributed by atoms with Crippen LogP contribution in [0.5, 0.6) is 0 Å². The van der Waals surface area contributed by atoms with Crippen LogP contribution in [0.2, 0.25) is 0 Å². The summed E-state index contributed by atoms with van der Waals surface area (Å²) in [5.41, 5.74) is 8.97. The van der Waals surface area contributed by atoms with Gasteiger partial charge in [0.1, 0.15) is 0 Å². The van der Waals surface area contributed by atoms with Crippen molar-refractivity contribution in [2.45, 2.75) is 33.6 Å². The van der Waals surface area contributed by atoms with E-state index in [1.165, 1.54) is 17.7 Å². The van der Waals surface area contributed by atoms with E-state index in [1.54, 1.807) is 0 Å². The summed E-state index contributed by atoms with van der Waals surface area (Å²) in [4.78, 5) is 2.51. The summed E-state index contributed by atoms with van der Waals surface area (Å²) in [6, 6.07) is 9.02. The van der Waals surface area contributed by atoms with Gasteiger partial charge in [-0.25, -0.2) is 0 Å². The molecule has 18 heavy (non-hydrogen) atoms. The molecule has 1 aliphatic heterocycles. The van der Waals surface area contributed by atoms with Gasteiger partial charge >= 0.3 is 0 Å². The van der Waals surface area contributed by atoms with Gasteiger partial charge in [0.15, 0.2) is 0 Å². The minimum absolute atomic E-state index is 0.316. The predicted octanol–water partition coefficient (Wildman–Crippen LogP) is 3.06. The Morgan fingerprint density at radius 2 is 1.94 bits per heavy atom. The molecule has 2 heteroatoms. The lowest BCUT2D eigenvalue weighted by Crippen LogP contribution is -2.48. The third-order valence-electron chi connectivity index (χ3n) is 4.45. The van der Waals surface area contributed by atoms with Crippen LogP contribution in [0.25, 0.3) is 0 Å². The lowest BCUT2D eigenvalue weighted by atomic mass is 9.74. The van der Waals surface area contributed by atoms with E-state index >= 15 is 0 Å². The molecule has 1 aromatic rings. The monoisotopic (exact) mass is 246 g/mol. The maximum absolute atomic E-state index is 5.88. The third kappa shape index (κ3) is 2.69. The van der Waals surface area contributed by atoms with Crippen molar-refractivity contribution in [3.05, 3.63) is 29.8 Å². The van der Waals surface area contributed by atoms with Crippen LogP contribution in [0.1, 0.15) is 32.8 Å². The molecule has 2 rings (SSSR count). The molecule has 1 aliphatic rings. The Morgan fingerprint density at radius 3 is 2.44 bits per heavy atom. The first-order valence-electron chi connectivity index (χ1n) is 7.11. The van der Waals surface area contributed by atoms with Crippen molar-refractivity contribution in [2.24, 2.45) is 17.1 Å². The zero-order valence-electron chi connectivity index (χ0n) is 11.9. The van der Waals surface area contributed by atoms with Crippen LogP contribution in [0.15, 0.2) is 24.3 Å². The number of rotatable bonds is 3. The van der Waals surface area contributed by atoms with Crippen molar-refractivity contribution < 1.29 is 0 Å². The van der Waals surface area contributed by atoms with Crippen molar-refractivity contribution in [3.63, 3.8) is 0 Å². The van der Waals surface area contributed by atoms with E-state index in [1.807, 2.05) is 0 Å². The minimum atomic E-state index is 0.316. The molecular formula is C16H26N2. The molecule has 1 saturated heterocycles. The van der Waals surface area contributed by atoms with E-state index in [9.17, 15) is 0 Å². The molecular weight excluding hydrogens is 220 g/mol. The second-order valence-electron chi connectivity index (χ2n) is 6.15. The average molecular weight is 246 g/mol. The molecule has 2 N–H and O–H groups in total. The number of anilines is 1. The maximum atomic E-state index is 5.88. The smallest absolute Gasteiger partial charge is 0.0366 e. The molecule has 1 unspecified atom stereocenters. The minimum Gasteiger partial charge on any atom is -0.371 e. The zero-order valence-corrected chi connectivity index (χ0v) is 11.9. The molecule has 0 aliphatic carbocycles. The second kappa shape index (κ2) is 5.31. The van der Waals surface area contributed by atoms with E-state index in [2.05, 4.69) is 49.9 Å². The van der Waals surface area contributed by atoms with Crippen molar-refractivity contribution in [1.82, 2.24) is 0 Å². The van der Waals surface area contributed by atoms with Gasteiger partial charge in [-0.15, -0.1) is 0 Å². The normalized spacial score (nSPS) is 23.1. The Kier molecular flexibility index (Phi) is 3.96. The van der Waals surface area contributed by atoms with Crippen LogP contribution in [0.3, 0.4) is 0 Å². The van der Waals surface area contributed by atoms with Gasteiger partial charge in [-0.3, -0.25) is 0 Å². The molecule has 0 aromatic heterocycles. The summed E-state index contributed by atoms with van der Waals surface area (Å²) in [5.74, 6) is 0.656. The highest BCUT2D eigenvalue weighted by atomic mass is 15.1. The Morgan fingerprint density at radius 1 is 1.28 bits per heavy atom. The van der Waals surface area contributed by atoms with Gasteiger partial charge in [-0.1, -0.05) is 32.9 Å². The first-order chi connectivity index (χ1) is 8.56. The van der Waals surface area contributed by atoms with Crippen molar-refractivity contribution in [2.75, 3.05) is 24.5 Å². The number of aryl methyl sites for hydroxylation is 1. The van der Waals surface area contributed by atoms with E-state index in [0.717, 1.165) is 26.1 Å². The summed E-state index contributed by atoms with van der Waals surface area (Å²) < 4.78 is 0. The molecule has 1 atom stereocenters. The Balaban J connectivity index is 2.10. The topological polar surface area (TPSA) is 29.3 Å².